The summed E-state index contributed by atoms with van der Waals surface area (Å²) >= 11 is 1.52. The van der Waals surface area contributed by atoms with Crippen LogP contribution in [0, 0.1) is 13.8 Å². The van der Waals surface area contributed by atoms with Gasteiger partial charge >= 0.3 is 11.6 Å². The Balaban J connectivity index is 1.68. The average molecular weight is 569 g/mol. The molecule has 0 saturated carbocycles. The number of fused-ring (bicyclic) bond motifs is 1. The van der Waals surface area contributed by atoms with E-state index in [0.717, 1.165) is 10.9 Å². The Morgan fingerprint density at radius 3 is 2.48 bits per heavy atom. The van der Waals surface area contributed by atoms with Crippen molar-refractivity contribution in [3.8, 4) is 5.75 Å². The molecule has 1 unspecified atom stereocenters. The lowest BCUT2D eigenvalue weighted by Crippen LogP contribution is -2.49. The van der Waals surface area contributed by atoms with Crippen LogP contribution in [-0.2, 0) is 26.6 Å². The standard InChI is InChI=1S/C30H36N2O7S/c1-19-22-13-14-25(38-3)20(2)28(22)39-30(37)23(19)16-26(33)32-24(18-40-17-21-10-6-4-7-11-21)29(36)31-15-9-5-8-12-27(34)35/h4,6-7,10-11,13-14,24H,5,8-9,12,15-18H2,1-3H3,(H,31,36)(H,32,33)(H,34,35). The molecule has 40 heavy (non-hydrogen) atoms. The van der Waals surface area contributed by atoms with Gasteiger partial charge in [-0.3, -0.25) is 14.4 Å². The molecule has 0 aliphatic carbocycles. The van der Waals surface area contributed by atoms with Gasteiger partial charge in [-0.05, 0) is 49.9 Å². The fraction of sp³-hybridized carbons (Fsp3) is 0.400. The molecule has 1 aromatic heterocycles. The van der Waals surface area contributed by atoms with Crippen molar-refractivity contribution in [1.29, 1.82) is 0 Å². The number of carbonyl (C=O) groups is 3. The number of thioether (sulfide) groups is 1. The van der Waals surface area contributed by atoms with E-state index in [9.17, 15) is 19.2 Å². The number of hydrogen-bond donors (Lipinski definition) is 3. The van der Waals surface area contributed by atoms with E-state index in [0.29, 0.717) is 59.8 Å². The number of unbranched alkanes of at least 4 members (excludes halogenated alkanes) is 2. The van der Waals surface area contributed by atoms with Crippen LogP contribution in [0.5, 0.6) is 5.75 Å². The van der Waals surface area contributed by atoms with E-state index in [-0.39, 0.29) is 24.3 Å². The van der Waals surface area contributed by atoms with E-state index in [2.05, 4.69) is 10.6 Å². The lowest BCUT2D eigenvalue weighted by Gasteiger charge is -2.19. The molecule has 0 bridgehead atoms. The quantitative estimate of drug-likeness (QED) is 0.184. The van der Waals surface area contributed by atoms with Crippen molar-refractivity contribution < 1.29 is 28.6 Å². The lowest BCUT2D eigenvalue weighted by molar-refractivity contribution is -0.137. The smallest absolute Gasteiger partial charge is 0.340 e. The van der Waals surface area contributed by atoms with E-state index in [1.54, 1.807) is 33.1 Å². The van der Waals surface area contributed by atoms with Crippen LogP contribution in [0.25, 0.3) is 11.0 Å². The molecule has 0 aliphatic heterocycles. The van der Waals surface area contributed by atoms with Gasteiger partial charge in [-0.25, -0.2) is 4.79 Å². The lowest BCUT2D eigenvalue weighted by atomic mass is 10.0. The van der Waals surface area contributed by atoms with Gasteiger partial charge in [0.1, 0.15) is 17.4 Å². The summed E-state index contributed by atoms with van der Waals surface area (Å²) in [5.74, 6) is -0.00196. The van der Waals surface area contributed by atoms with Gasteiger partial charge < -0.3 is 24.9 Å². The Bertz CT molecular complexity index is 1390. The second-order valence-electron chi connectivity index (χ2n) is 9.56. The zero-order valence-corrected chi connectivity index (χ0v) is 23.9. The molecule has 3 rings (SSSR count). The van der Waals surface area contributed by atoms with E-state index in [1.807, 2.05) is 30.3 Å². The first kappa shape index (κ1) is 30.7. The number of benzene rings is 2. The Labute approximate surface area is 237 Å². The minimum absolute atomic E-state index is 0.0953. The van der Waals surface area contributed by atoms with E-state index in [4.69, 9.17) is 14.3 Å². The third-order valence-corrected chi connectivity index (χ3v) is 7.73. The molecule has 10 heteroatoms. The van der Waals surface area contributed by atoms with Crippen LogP contribution in [0.1, 0.15) is 47.9 Å². The third-order valence-electron chi connectivity index (χ3n) is 6.63. The Hall–Kier alpha value is -3.79. The highest BCUT2D eigenvalue weighted by Gasteiger charge is 2.23. The fourth-order valence-electron chi connectivity index (χ4n) is 4.37. The third kappa shape index (κ3) is 8.61. The molecule has 2 amide bonds. The summed E-state index contributed by atoms with van der Waals surface area (Å²) in [7, 11) is 1.54. The predicted molar refractivity (Wildman–Crippen MR) is 156 cm³/mol. The number of rotatable bonds is 15. The molecule has 0 saturated heterocycles. The van der Waals surface area contributed by atoms with Gasteiger partial charge in [0.25, 0.3) is 0 Å². The monoisotopic (exact) mass is 568 g/mol. The van der Waals surface area contributed by atoms with Crippen LogP contribution in [0.3, 0.4) is 0 Å². The largest absolute Gasteiger partial charge is 0.496 e. The molecule has 3 aromatic rings. The molecular weight excluding hydrogens is 532 g/mol. The van der Waals surface area contributed by atoms with Gasteiger partial charge in [0.15, 0.2) is 0 Å². The first-order valence-electron chi connectivity index (χ1n) is 13.2. The summed E-state index contributed by atoms with van der Waals surface area (Å²) < 4.78 is 10.9. The summed E-state index contributed by atoms with van der Waals surface area (Å²) in [4.78, 5) is 49.6. The molecule has 9 nitrogen and oxygen atoms in total. The molecule has 2 aromatic carbocycles. The number of methoxy groups -OCH3 is 1. The first-order valence-corrected chi connectivity index (χ1v) is 14.4. The highest BCUT2D eigenvalue weighted by molar-refractivity contribution is 7.98. The van der Waals surface area contributed by atoms with Gasteiger partial charge in [-0.2, -0.15) is 11.8 Å². The van der Waals surface area contributed by atoms with Crippen LogP contribution in [0.4, 0.5) is 0 Å². The molecule has 3 N–H and O–H groups in total. The molecule has 0 aliphatic rings. The van der Waals surface area contributed by atoms with Gasteiger partial charge in [-0.15, -0.1) is 0 Å². The highest BCUT2D eigenvalue weighted by atomic mass is 32.2. The van der Waals surface area contributed by atoms with E-state index < -0.39 is 23.5 Å². The van der Waals surface area contributed by atoms with Crippen molar-refractivity contribution in [1.82, 2.24) is 10.6 Å². The number of carboxylic acid groups (broad SMARTS) is 1. The van der Waals surface area contributed by atoms with Crippen LogP contribution >= 0.6 is 11.8 Å². The van der Waals surface area contributed by atoms with Crippen LogP contribution in [-0.4, -0.2) is 48.3 Å². The second kappa shape index (κ2) is 15.1. The zero-order valence-electron chi connectivity index (χ0n) is 23.1. The molecular formula is C30H36N2O7S. The van der Waals surface area contributed by atoms with Crippen LogP contribution in [0.15, 0.2) is 51.7 Å². The van der Waals surface area contributed by atoms with Gasteiger partial charge in [-0.1, -0.05) is 36.8 Å². The van der Waals surface area contributed by atoms with E-state index in [1.165, 1.54) is 11.8 Å². The minimum atomic E-state index is -0.840. The maximum absolute atomic E-state index is 13.1. The topological polar surface area (TPSA) is 135 Å². The average Bonchev–Trinajstić information content (AvgIpc) is 2.93. The van der Waals surface area contributed by atoms with Crippen molar-refractivity contribution in [2.45, 2.75) is 57.7 Å². The van der Waals surface area contributed by atoms with Crippen LogP contribution < -0.4 is 21.0 Å². The predicted octanol–water partition coefficient (Wildman–Crippen LogP) is 4.14. The van der Waals surface area contributed by atoms with Gasteiger partial charge in [0.05, 0.1) is 19.1 Å². The number of aliphatic carboxylic acids is 1. The molecule has 0 spiro atoms. The number of carbonyl (C=O) groups excluding carboxylic acids is 2. The van der Waals surface area contributed by atoms with Crippen LogP contribution in [0.2, 0.25) is 0 Å². The number of carboxylic acids is 1. The second-order valence-corrected chi connectivity index (χ2v) is 10.6. The molecule has 0 radical (unpaired) electrons. The summed E-state index contributed by atoms with van der Waals surface area (Å²) in [6, 6.07) is 12.6. The zero-order chi connectivity index (χ0) is 29.1. The van der Waals surface area contributed by atoms with Crippen molar-refractivity contribution in [3.63, 3.8) is 0 Å². The highest BCUT2D eigenvalue weighted by Crippen LogP contribution is 2.29. The van der Waals surface area contributed by atoms with Crippen molar-refractivity contribution >= 4 is 40.5 Å². The first-order chi connectivity index (χ1) is 19.2. The maximum atomic E-state index is 13.1. The van der Waals surface area contributed by atoms with Gasteiger partial charge in [0, 0.05) is 35.4 Å². The summed E-state index contributed by atoms with van der Waals surface area (Å²) in [5.41, 5.74) is 2.51. The fourth-order valence-corrected chi connectivity index (χ4v) is 5.38. The van der Waals surface area contributed by atoms with E-state index >= 15 is 0 Å². The number of amides is 2. The summed E-state index contributed by atoms with van der Waals surface area (Å²) in [6.07, 6.45) is 1.72. The number of nitrogens with one attached hydrogen (secondary N) is 2. The van der Waals surface area contributed by atoms with Crippen molar-refractivity contribution in [3.05, 3.63) is 75.1 Å². The van der Waals surface area contributed by atoms with Gasteiger partial charge in [0.2, 0.25) is 11.8 Å². The molecule has 1 heterocycles. The Morgan fingerprint density at radius 1 is 1.02 bits per heavy atom. The molecule has 1 atom stereocenters. The normalized spacial score (nSPS) is 11.7. The minimum Gasteiger partial charge on any atom is -0.496 e. The molecule has 214 valence electrons. The summed E-state index contributed by atoms with van der Waals surface area (Å²) in [6.45, 7) is 3.96. The Morgan fingerprint density at radius 2 is 1.77 bits per heavy atom. The number of ether oxygens (including phenoxy) is 1. The number of hydrogen-bond acceptors (Lipinski definition) is 7. The summed E-state index contributed by atoms with van der Waals surface area (Å²) in [5, 5.41) is 15.1. The molecule has 0 fully saturated rings. The van der Waals surface area contributed by atoms with Crippen molar-refractivity contribution in [2.24, 2.45) is 0 Å². The Kier molecular flexibility index (Phi) is 11.6. The maximum Gasteiger partial charge on any atom is 0.340 e. The SMILES string of the molecule is COc1ccc2c(C)c(CC(=O)NC(CSCc3ccccc3)C(=O)NCCCCCC(=O)O)c(=O)oc2c1C. The number of aryl methyl sites for hydroxylation is 2. The van der Waals surface area contributed by atoms with Crippen molar-refractivity contribution in [2.75, 3.05) is 19.4 Å².